The minimum absolute atomic E-state index is 0.00112. The molecular formula is C14H18N4O3. The van der Waals surface area contributed by atoms with Gasteiger partial charge >= 0.3 is 0 Å². The number of nitrogens with zero attached hydrogens (tertiary/aromatic N) is 4. The average Bonchev–Trinajstić information content (AvgIpc) is 3.06. The van der Waals surface area contributed by atoms with Gasteiger partial charge in [0.05, 0.1) is 24.9 Å². The van der Waals surface area contributed by atoms with Gasteiger partial charge in [-0.25, -0.2) is 0 Å². The van der Waals surface area contributed by atoms with E-state index in [0.717, 1.165) is 18.7 Å². The molecule has 0 radical (unpaired) electrons. The molecule has 0 unspecified atom stereocenters. The highest BCUT2D eigenvalue weighted by Gasteiger charge is 2.30. The summed E-state index contributed by atoms with van der Waals surface area (Å²) >= 11 is 0. The zero-order chi connectivity index (χ0) is 14.8. The molecular weight excluding hydrogens is 272 g/mol. The summed E-state index contributed by atoms with van der Waals surface area (Å²) in [6.07, 6.45) is 2.56. The quantitative estimate of drug-likeness (QED) is 0.850. The highest BCUT2D eigenvalue weighted by atomic mass is 16.5. The van der Waals surface area contributed by atoms with Crippen molar-refractivity contribution in [1.29, 1.82) is 0 Å². The van der Waals surface area contributed by atoms with Crippen molar-refractivity contribution in [2.24, 2.45) is 0 Å². The molecule has 2 aromatic rings. The van der Waals surface area contributed by atoms with Crippen LogP contribution in [0.25, 0.3) is 0 Å². The molecule has 0 saturated carbocycles. The number of hydrogen-bond donors (Lipinski definition) is 0. The van der Waals surface area contributed by atoms with Crippen LogP contribution in [0.1, 0.15) is 28.4 Å². The second-order valence-corrected chi connectivity index (χ2v) is 5.20. The van der Waals surface area contributed by atoms with E-state index in [9.17, 15) is 4.79 Å². The molecule has 1 aliphatic rings. The number of aryl methyl sites for hydroxylation is 2. The summed E-state index contributed by atoms with van der Waals surface area (Å²) in [5, 5.41) is 8.12. The molecule has 0 N–H and O–H groups in total. The smallest absolute Gasteiger partial charge is 0.276 e. The number of fused-ring (bicyclic) bond motifs is 1. The molecule has 0 aliphatic carbocycles. The van der Waals surface area contributed by atoms with E-state index in [1.807, 2.05) is 10.7 Å². The number of hydrogen-bond acceptors (Lipinski definition) is 5. The van der Waals surface area contributed by atoms with E-state index in [4.69, 9.17) is 9.26 Å². The number of ether oxygens (including phenoxy) is 1. The fraction of sp³-hybridized carbons (Fsp3) is 0.500. The van der Waals surface area contributed by atoms with Gasteiger partial charge in [-0.3, -0.25) is 9.48 Å². The lowest BCUT2D eigenvalue weighted by molar-refractivity contribution is 0.0493. The third kappa shape index (κ3) is 2.69. The van der Waals surface area contributed by atoms with Gasteiger partial charge in [-0.1, -0.05) is 5.16 Å². The maximum atomic E-state index is 12.7. The Labute approximate surface area is 122 Å². The summed E-state index contributed by atoms with van der Waals surface area (Å²) < 4.78 is 12.2. The molecule has 3 heterocycles. The molecule has 0 spiro atoms. The second-order valence-electron chi connectivity index (χ2n) is 5.20. The first kappa shape index (κ1) is 13.8. The van der Waals surface area contributed by atoms with Gasteiger partial charge in [0.2, 0.25) is 0 Å². The minimum Gasteiger partial charge on any atom is -0.383 e. The molecule has 2 aromatic heterocycles. The number of methoxy groups -OCH3 is 1. The molecule has 112 valence electrons. The monoisotopic (exact) mass is 290 g/mol. The Morgan fingerprint density at radius 2 is 2.43 bits per heavy atom. The van der Waals surface area contributed by atoms with E-state index in [1.165, 1.54) is 0 Å². The summed E-state index contributed by atoms with van der Waals surface area (Å²) in [6.45, 7) is 3.54. The van der Waals surface area contributed by atoms with Crippen LogP contribution in [0, 0.1) is 6.92 Å². The van der Waals surface area contributed by atoms with Crippen molar-refractivity contribution in [1.82, 2.24) is 19.8 Å². The Hall–Kier alpha value is -2.15. The van der Waals surface area contributed by atoms with Crippen molar-refractivity contribution in [3.63, 3.8) is 0 Å². The van der Waals surface area contributed by atoms with Crippen molar-refractivity contribution < 1.29 is 14.1 Å². The van der Waals surface area contributed by atoms with E-state index < -0.39 is 0 Å². The minimum atomic E-state index is -0.136. The van der Waals surface area contributed by atoms with Gasteiger partial charge in [-0.15, -0.1) is 0 Å². The zero-order valence-electron chi connectivity index (χ0n) is 12.2. The second kappa shape index (κ2) is 5.69. The summed E-state index contributed by atoms with van der Waals surface area (Å²) in [4.78, 5) is 14.5. The lowest BCUT2D eigenvalue weighted by Crippen LogP contribution is -2.41. The van der Waals surface area contributed by atoms with E-state index in [1.54, 1.807) is 31.2 Å². The first-order valence-electron chi connectivity index (χ1n) is 6.93. The average molecular weight is 290 g/mol. The number of carbonyl (C=O) groups is 1. The highest BCUT2D eigenvalue weighted by molar-refractivity contribution is 5.92. The summed E-state index contributed by atoms with van der Waals surface area (Å²) in [6, 6.07) is 3.60. The maximum absolute atomic E-state index is 12.7. The van der Waals surface area contributed by atoms with Crippen molar-refractivity contribution in [2.75, 3.05) is 13.7 Å². The van der Waals surface area contributed by atoms with Crippen molar-refractivity contribution in [2.45, 2.75) is 32.5 Å². The van der Waals surface area contributed by atoms with Crippen molar-refractivity contribution in [3.8, 4) is 0 Å². The molecule has 7 heteroatoms. The fourth-order valence-electron chi connectivity index (χ4n) is 2.64. The predicted molar refractivity (Wildman–Crippen MR) is 73.6 cm³/mol. The Bertz CT molecular complexity index is 634. The molecule has 3 rings (SSSR count). The zero-order valence-corrected chi connectivity index (χ0v) is 12.2. The van der Waals surface area contributed by atoms with E-state index in [2.05, 4.69) is 10.3 Å². The molecule has 0 aromatic carbocycles. The Balaban J connectivity index is 1.89. The predicted octanol–water partition coefficient (Wildman–Crippen LogP) is 1.24. The molecule has 1 atom stereocenters. The summed E-state index contributed by atoms with van der Waals surface area (Å²) in [7, 11) is 1.65. The molecule has 1 aliphatic heterocycles. The van der Waals surface area contributed by atoms with Gasteiger partial charge in [0.1, 0.15) is 5.76 Å². The van der Waals surface area contributed by atoms with Crippen LogP contribution in [0.2, 0.25) is 0 Å². The van der Waals surface area contributed by atoms with Crippen LogP contribution in [-0.4, -0.2) is 45.5 Å². The number of aromatic nitrogens is 3. The molecule has 0 bridgehead atoms. The Morgan fingerprint density at radius 1 is 1.57 bits per heavy atom. The largest absolute Gasteiger partial charge is 0.383 e. The molecule has 1 amide bonds. The number of carbonyl (C=O) groups excluding carboxylic acids is 1. The first-order valence-corrected chi connectivity index (χ1v) is 6.93. The normalized spacial score (nSPS) is 18.4. The van der Waals surface area contributed by atoms with Gasteiger partial charge in [-0.05, 0) is 19.4 Å². The highest BCUT2D eigenvalue weighted by Crippen LogP contribution is 2.20. The summed E-state index contributed by atoms with van der Waals surface area (Å²) in [5.74, 6) is 0.491. The van der Waals surface area contributed by atoms with E-state index >= 15 is 0 Å². The third-order valence-corrected chi connectivity index (χ3v) is 3.72. The van der Waals surface area contributed by atoms with Gasteiger partial charge < -0.3 is 14.2 Å². The fourth-order valence-corrected chi connectivity index (χ4v) is 2.64. The Morgan fingerprint density at radius 3 is 3.14 bits per heavy atom. The maximum Gasteiger partial charge on any atom is 0.276 e. The van der Waals surface area contributed by atoms with Crippen LogP contribution in [0.4, 0.5) is 0 Å². The van der Waals surface area contributed by atoms with Crippen LogP contribution >= 0.6 is 0 Å². The number of amides is 1. The van der Waals surface area contributed by atoms with Gasteiger partial charge in [-0.2, -0.15) is 5.10 Å². The third-order valence-electron chi connectivity index (χ3n) is 3.72. The molecule has 0 saturated heterocycles. The van der Waals surface area contributed by atoms with Crippen molar-refractivity contribution >= 4 is 5.91 Å². The van der Waals surface area contributed by atoms with Crippen LogP contribution in [0.3, 0.4) is 0 Å². The first-order chi connectivity index (χ1) is 10.2. The van der Waals surface area contributed by atoms with Crippen LogP contribution in [0.5, 0.6) is 0 Å². The Kier molecular flexibility index (Phi) is 3.74. The van der Waals surface area contributed by atoms with E-state index in [0.29, 0.717) is 24.6 Å². The molecule has 21 heavy (non-hydrogen) atoms. The van der Waals surface area contributed by atoms with Gasteiger partial charge in [0, 0.05) is 25.9 Å². The number of rotatable bonds is 3. The van der Waals surface area contributed by atoms with Crippen LogP contribution in [0.15, 0.2) is 22.9 Å². The SMILES string of the molecule is COC[C@@H]1CCn2nccc2CN1C(=O)c1cc(C)on1. The topological polar surface area (TPSA) is 73.4 Å². The van der Waals surface area contributed by atoms with E-state index in [-0.39, 0.29) is 11.9 Å². The summed E-state index contributed by atoms with van der Waals surface area (Å²) in [5.41, 5.74) is 1.35. The van der Waals surface area contributed by atoms with Crippen molar-refractivity contribution in [3.05, 3.63) is 35.5 Å². The molecule has 7 nitrogen and oxygen atoms in total. The lowest BCUT2D eigenvalue weighted by atomic mass is 10.1. The van der Waals surface area contributed by atoms with Crippen LogP contribution < -0.4 is 0 Å². The lowest BCUT2D eigenvalue weighted by Gasteiger charge is -2.28. The van der Waals surface area contributed by atoms with Gasteiger partial charge in [0.25, 0.3) is 5.91 Å². The van der Waals surface area contributed by atoms with Gasteiger partial charge in [0.15, 0.2) is 5.69 Å². The molecule has 0 fully saturated rings. The standard InChI is InChI=1S/C14H18N4O3/c1-10-7-13(16-21-10)14(19)17-8-11-3-5-15-18(11)6-4-12(17)9-20-2/h3,5,7,12H,4,6,8-9H2,1-2H3/t12-/m0/s1. The van der Waals surface area contributed by atoms with Crippen LogP contribution in [-0.2, 0) is 17.8 Å².